The molecule has 0 saturated carbocycles. The van der Waals surface area contributed by atoms with Crippen LogP contribution in [0.3, 0.4) is 0 Å². The number of carboxylic acids is 1. The molecule has 128 valence electrons. The van der Waals surface area contributed by atoms with Crippen molar-refractivity contribution < 1.29 is 14.6 Å². The molecule has 0 unspecified atom stereocenters. The van der Waals surface area contributed by atoms with Crippen LogP contribution in [0.4, 0.5) is 0 Å². The highest BCUT2D eigenvalue weighted by atomic mass is 16.5. The summed E-state index contributed by atoms with van der Waals surface area (Å²) < 4.78 is 5.93. The number of hydrogen-bond acceptors (Lipinski definition) is 2. The molecular weight excluding hydrogens is 300 g/mol. The summed E-state index contributed by atoms with van der Waals surface area (Å²) in [6.45, 7) is 4.29. The lowest BCUT2D eigenvalue weighted by molar-refractivity contribution is -0.132. The fraction of sp³-hybridized carbons (Fsp3) is 0.381. The molecule has 0 heterocycles. The molecule has 2 rings (SSSR count). The van der Waals surface area contributed by atoms with Gasteiger partial charge in [-0.1, -0.05) is 68.7 Å². The Hall–Kier alpha value is -2.29. The number of carbonyl (C=O) groups is 1. The smallest absolute Gasteiger partial charge is 0.330 e. The van der Waals surface area contributed by atoms with Gasteiger partial charge >= 0.3 is 5.97 Å². The number of ether oxygens (including phenoxy) is 1. The van der Waals surface area contributed by atoms with Crippen LogP contribution in [0.2, 0.25) is 0 Å². The van der Waals surface area contributed by atoms with Crippen LogP contribution in [0.25, 0.3) is 10.8 Å². The largest absolute Gasteiger partial charge is 0.493 e. The fourth-order valence-electron chi connectivity index (χ4n) is 2.76. The summed E-state index contributed by atoms with van der Waals surface area (Å²) >= 11 is 0. The van der Waals surface area contributed by atoms with Gasteiger partial charge in [0, 0.05) is 11.0 Å². The highest BCUT2D eigenvalue weighted by Gasteiger charge is 2.03. The third kappa shape index (κ3) is 5.73. The van der Waals surface area contributed by atoms with E-state index < -0.39 is 5.97 Å². The Morgan fingerprint density at radius 1 is 0.917 bits per heavy atom. The lowest BCUT2D eigenvalue weighted by Crippen LogP contribution is -1.99. The number of rotatable bonds is 11. The van der Waals surface area contributed by atoms with E-state index in [-0.39, 0.29) is 0 Å². The average Bonchev–Trinajstić information content (AvgIpc) is 2.60. The molecule has 0 aliphatic carbocycles. The summed E-state index contributed by atoms with van der Waals surface area (Å²) in [5, 5.41) is 11.1. The number of unbranched alkanes of at least 4 members (excludes halogenated alkanes) is 5. The van der Waals surface area contributed by atoms with Gasteiger partial charge in [-0.15, -0.1) is 0 Å². The minimum atomic E-state index is -0.874. The van der Waals surface area contributed by atoms with E-state index in [1.165, 1.54) is 17.2 Å². The molecule has 0 aliphatic heterocycles. The van der Waals surface area contributed by atoms with Crippen molar-refractivity contribution >= 4 is 16.7 Å². The minimum absolute atomic E-state index is 0.318. The Morgan fingerprint density at radius 3 is 2.38 bits per heavy atom. The van der Waals surface area contributed by atoms with Gasteiger partial charge in [-0.25, -0.2) is 4.79 Å². The zero-order valence-corrected chi connectivity index (χ0v) is 14.2. The monoisotopic (exact) mass is 326 g/mol. The molecule has 0 radical (unpaired) electrons. The summed E-state index contributed by atoms with van der Waals surface area (Å²) in [5.74, 6) is 0.0841. The van der Waals surface area contributed by atoms with Gasteiger partial charge in [-0.05, 0) is 30.7 Å². The maximum absolute atomic E-state index is 10.6. The molecule has 1 N–H and O–H groups in total. The molecule has 3 heteroatoms. The predicted octanol–water partition coefficient (Wildman–Crippen LogP) is 5.59. The van der Waals surface area contributed by atoms with Crippen molar-refractivity contribution in [2.45, 2.75) is 44.9 Å². The SMILES string of the molecule is C=C(CCCCCCCCOc1cccc2ccccc12)C(=O)O. The third-order valence-electron chi connectivity index (χ3n) is 4.18. The van der Waals surface area contributed by atoms with Crippen molar-refractivity contribution in [3.05, 3.63) is 54.6 Å². The van der Waals surface area contributed by atoms with E-state index in [1.54, 1.807) is 0 Å². The maximum atomic E-state index is 10.6. The van der Waals surface area contributed by atoms with E-state index >= 15 is 0 Å². The Bertz CT molecular complexity index is 670. The molecule has 0 aliphatic rings. The maximum Gasteiger partial charge on any atom is 0.330 e. The lowest BCUT2D eigenvalue weighted by Gasteiger charge is -2.09. The van der Waals surface area contributed by atoms with E-state index in [9.17, 15) is 4.79 Å². The molecule has 0 aromatic heterocycles. The second kappa shape index (κ2) is 9.76. The van der Waals surface area contributed by atoms with E-state index in [4.69, 9.17) is 9.84 Å². The number of aliphatic carboxylic acids is 1. The first kappa shape index (κ1) is 18.1. The molecule has 0 amide bonds. The van der Waals surface area contributed by atoms with E-state index in [0.29, 0.717) is 12.0 Å². The van der Waals surface area contributed by atoms with Crippen LogP contribution in [0.5, 0.6) is 5.75 Å². The number of carboxylic acid groups (broad SMARTS) is 1. The molecule has 0 fully saturated rings. The van der Waals surface area contributed by atoms with Gasteiger partial charge in [-0.2, -0.15) is 0 Å². The van der Waals surface area contributed by atoms with Crippen LogP contribution < -0.4 is 4.74 Å². The van der Waals surface area contributed by atoms with E-state index in [1.807, 2.05) is 24.3 Å². The summed E-state index contributed by atoms with van der Waals surface area (Å²) in [7, 11) is 0. The summed E-state index contributed by atoms with van der Waals surface area (Å²) in [6.07, 6.45) is 7.07. The molecule has 0 atom stereocenters. The van der Waals surface area contributed by atoms with Crippen LogP contribution in [0, 0.1) is 0 Å². The first-order valence-electron chi connectivity index (χ1n) is 8.70. The zero-order chi connectivity index (χ0) is 17.2. The number of hydrogen-bond donors (Lipinski definition) is 1. The number of fused-ring (bicyclic) bond motifs is 1. The van der Waals surface area contributed by atoms with Crippen molar-refractivity contribution in [3.63, 3.8) is 0 Å². The fourth-order valence-corrected chi connectivity index (χ4v) is 2.76. The third-order valence-corrected chi connectivity index (χ3v) is 4.18. The highest BCUT2D eigenvalue weighted by molar-refractivity contribution is 5.88. The second-order valence-corrected chi connectivity index (χ2v) is 6.11. The van der Waals surface area contributed by atoms with Gasteiger partial charge in [0.25, 0.3) is 0 Å². The molecular formula is C21H26O3. The first-order valence-corrected chi connectivity index (χ1v) is 8.70. The topological polar surface area (TPSA) is 46.5 Å². The quantitative estimate of drug-likeness (QED) is 0.432. The van der Waals surface area contributed by atoms with Crippen molar-refractivity contribution in [2.24, 2.45) is 0 Å². The van der Waals surface area contributed by atoms with Crippen LogP contribution in [0.1, 0.15) is 44.9 Å². The minimum Gasteiger partial charge on any atom is -0.493 e. The Labute approximate surface area is 144 Å². The molecule has 3 nitrogen and oxygen atoms in total. The van der Waals surface area contributed by atoms with Crippen LogP contribution in [-0.4, -0.2) is 17.7 Å². The van der Waals surface area contributed by atoms with Gasteiger partial charge in [0.1, 0.15) is 5.75 Å². The standard InChI is InChI=1S/C21H26O3/c1-17(21(22)23)11-6-4-2-3-5-9-16-24-20-15-10-13-18-12-7-8-14-19(18)20/h7-8,10,12-15H,1-6,9,11,16H2,(H,22,23). The lowest BCUT2D eigenvalue weighted by atomic mass is 10.1. The van der Waals surface area contributed by atoms with Crippen molar-refractivity contribution in [1.82, 2.24) is 0 Å². The highest BCUT2D eigenvalue weighted by Crippen LogP contribution is 2.25. The molecule has 24 heavy (non-hydrogen) atoms. The molecule has 2 aromatic carbocycles. The van der Waals surface area contributed by atoms with Gasteiger partial charge in [0.05, 0.1) is 6.61 Å². The van der Waals surface area contributed by atoms with Gasteiger partial charge in [-0.3, -0.25) is 0 Å². The summed E-state index contributed by atoms with van der Waals surface area (Å²) in [5.41, 5.74) is 0.318. The van der Waals surface area contributed by atoms with Crippen LogP contribution in [-0.2, 0) is 4.79 Å². The molecule has 0 bridgehead atoms. The molecule has 2 aromatic rings. The first-order chi connectivity index (χ1) is 11.7. The Kier molecular flexibility index (Phi) is 7.34. The van der Waals surface area contributed by atoms with Crippen molar-refractivity contribution in [1.29, 1.82) is 0 Å². The zero-order valence-electron chi connectivity index (χ0n) is 14.2. The molecule has 0 spiro atoms. The van der Waals surface area contributed by atoms with E-state index in [2.05, 4.69) is 24.8 Å². The Morgan fingerprint density at radius 2 is 1.58 bits per heavy atom. The van der Waals surface area contributed by atoms with Gasteiger partial charge < -0.3 is 9.84 Å². The normalized spacial score (nSPS) is 10.7. The van der Waals surface area contributed by atoms with Gasteiger partial charge in [0.15, 0.2) is 0 Å². The second-order valence-electron chi connectivity index (χ2n) is 6.11. The molecule has 0 saturated heterocycles. The van der Waals surface area contributed by atoms with Crippen molar-refractivity contribution in [2.75, 3.05) is 6.61 Å². The number of benzene rings is 2. The van der Waals surface area contributed by atoms with E-state index in [0.717, 1.165) is 44.5 Å². The predicted molar refractivity (Wildman–Crippen MR) is 98.5 cm³/mol. The average molecular weight is 326 g/mol. The Balaban J connectivity index is 1.57. The summed E-state index contributed by atoms with van der Waals surface area (Å²) in [4.78, 5) is 10.6. The van der Waals surface area contributed by atoms with Gasteiger partial charge in [0.2, 0.25) is 0 Å². The van der Waals surface area contributed by atoms with Crippen molar-refractivity contribution in [3.8, 4) is 5.75 Å². The van der Waals surface area contributed by atoms with Crippen LogP contribution >= 0.6 is 0 Å². The van der Waals surface area contributed by atoms with Crippen LogP contribution in [0.15, 0.2) is 54.6 Å². The summed E-state index contributed by atoms with van der Waals surface area (Å²) in [6, 6.07) is 14.4.